The Hall–Kier alpha value is -5.81. The number of hydrogen-bond acceptors (Lipinski definition) is 12. The molecule has 4 heterocycles. The molecule has 1 aliphatic carbocycles. The number of amides is 4. The Kier molecular flexibility index (Phi) is 11.9. The Morgan fingerprint density at radius 2 is 1.75 bits per heavy atom. The summed E-state index contributed by atoms with van der Waals surface area (Å²) < 4.78 is 21.8. The third-order valence-corrected chi connectivity index (χ3v) is 10.7. The van der Waals surface area contributed by atoms with Crippen LogP contribution in [0.1, 0.15) is 52.0 Å². The van der Waals surface area contributed by atoms with Gasteiger partial charge < -0.3 is 51.5 Å². The van der Waals surface area contributed by atoms with Crippen molar-refractivity contribution >= 4 is 46.7 Å². The summed E-state index contributed by atoms with van der Waals surface area (Å²) in [5.41, 5.74) is 6.84. The molecule has 0 bridgehead atoms. The lowest BCUT2D eigenvalue weighted by atomic mass is 9.91. The Morgan fingerprint density at radius 1 is 1.00 bits per heavy atom. The lowest BCUT2D eigenvalue weighted by Gasteiger charge is -2.37. The number of ether oxygens (including phenoxy) is 1. The zero-order chi connectivity index (χ0) is 40.2. The van der Waals surface area contributed by atoms with E-state index in [1.165, 1.54) is 36.4 Å². The Morgan fingerprint density at radius 3 is 2.47 bits per heavy atom. The van der Waals surface area contributed by atoms with Crippen LogP contribution in [0.4, 0.5) is 21.7 Å². The van der Waals surface area contributed by atoms with Gasteiger partial charge in [-0.3, -0.25) is 24.0 Å². The van der Waals surface area contributed by atoms with E-state index >= 15 is 4.39 Å². The van der Waals surface area contributed by atoms with E-state index in [1.807, 2.05) is 16.8 Å². The van der Waals surface area contributed by atoms with E-state index in [0.717, 1.165) is 31.5 Å². The number of Topliss-reactive ketones (excluding diaryl/α,β-unsaturated/α-hetero) is 1. The fourth-order valence-electron chi connectivity index (χ4n) is 7.36. The fraction of sp³-hybridized carbons (Fsp3) is 0.450. The number of carbonyl (C=O) groups excluding carboxylic acids is 5. The van der Waals surface area contributed by atoms with Gasteiger partial charge in [-0.1, -0.05) is 12.1 Å². The number of ketones is 1. The van der Waals surface area contributed by atoms with E-state index in [9.17, 15) is 29.1 Å². The topological polar surface area (TPSA) is 212 Å². The second-order valence-corrected chi connectivity index (χ2v) is 15.0. The predicted molar refractivity (Wildman–Crippen MR) is 209 cm³/mol. The van der Waals surface area contributed by atoms with E-state index in [4.69, 9.17) is 10.5 Å². The summed E-state index contributed by atoms with van der Waals surface area (Å²) in [4.78, 5) is 78.2. The molecular weight excluding hydrogens is 737 g/mol. The maximum Gasteiger partial charge on any atom is 0.255 e. The molecular formula is C40H48FN9O7. The van der Waals surface area contributed by atoms with Crippen molar-refractivity contribution in [3.05, 3.63) is 71.0 Å². The molecule has 1 aromatic heterocycles. The highest BCUT2D eigenvalue weighted by atomic mass is 19.1. The number of aromatic hydroxyl groups is 1. The molecule has 1 unspecified atom stereocenters. The van der Waals surface area contributed by atoms with Crippen LogP contribution in [-0.2, 0) is 20.8 Å². The number of hydrogen-bond donors (Lipinski definition) is 6. The highest BCUT2D eigenvalue weighted by Gasteiger charge is 2.44. The van der Waals surface area contributed by atoms with Crippen LogP contribution in [-0.4, -0.2) is 122 Å². The fourth-order valence-corrected chi connectivity index (χ4v) is 7.36. The van der Waals surface area contributed by atoms with Gasteiger partial charge in [0.25, 0.3) is 5.91 Å². The Labute approximate surface area is 329 Å². The molecule has 0 radical (unpaired) electrons. The Balaban J connectivity index is 1.12. The number of nitrogens with two attached hydrogens (primary N) is 1. The quantitative estimate of drug-likeness (QED) is 0.178. The van der Waals surface area contributed by atoms with Crippen LogP contribution in [0.3, 0.4) is 0 Å². The first-order chi connectivity index (χ1) is 27.5. The summed E-state index contributed by atoms with van der Waals surface area (Å²) in [6.45, 7) is 2.80. The van der Waals surface area contributed by atoms with Crippen molar-refractivity contribution in [2.45, 2.75) is 50.2 Å². The normalized spacial score (nSPS) is 22.3. The number of aromatic nitrogens is 1. The van der Waals surface area contributed by atoms with Gasteiger partial charge in [-0.15, -0.1) is 0 Å². The van der Waals surface area contributed by atoms with Gasteiger partial charge >= 0.3 is 0 Å². The molecule has 1 saturated heterocycles. The van der Waals surface area contributed by atoms with Crippen molar-refractivity contribution < 1.29 is 38.2 Å². The maximum atomic E-state index is 15.6. The monoisotopic (exact) mass is 785 g/mol. The zero-order valence-electron chi connectivity index (χ0n) is 31.8. The van der Waals surface area contributed by atoms with Crippen molar-refractivity contribution in [3.8, 4) is 11.5 Å². The molecule has 1 saturated carbocycles. The molecule has 7 N–H and O–H groups in total. The minimum atomic E-state index is -1.17. The van der Waals surface area contributed by atoms with E-state index in [2.05, 4.69) is 31.2 Å². The number of anilines is 3. The standard InChI is InChI=1S/C40H48FN9O7/c1-48-14-16-49(17-15-48)37-31(41)20-29-35(53)30(21-50(26-5-6-26)36(29)47-37)39(55)44-24-4-9-33-28(19-24)38(54)43-13-11-34(52)46-32(10-12-42)40(56)45-25(22-57-33)18-23-2-7-27(51)8-3-23/h2-4,7-9,19-20,25-26,30,32,51H,5-6,10-18,21-22,42H2,1H3,(H,43,54)(H,44,55)(H,45,56)(H,46,52)/t25-,30?,32+/m1/s1. The average molecular weight is 786 g/mol. The second kappa shape index (κ2) is 17.1. The maximum absolute atomic E-state index is 15.6. The minimum Gasteiger partial charge on any atom is -0.508 e. The lowest BCUT2D eigenvalue weighted by molar-refractivity contribution is -0.129. The number of benzene rings is 2. The van der Waals surface area contributed by atoms with Gasteiger partial charge in [-0.2, -0.15) is 0 Å². The first-order valence-electron chi connectivity index (χ1n) is 19.4. The number of nitrogens with zero attached hydrogens (tertiary/aromatic N) is 4. The van der Waals surface area contributed by atoms with E-state index in [-0.39, 0.29) is 85.7 Å². The number of rotatable bonds is 8. The summed E-state index contributed by atoms with van der Waals surface area (Å²) in [5, 5.41) is 20.9. The Bertz CT molecular complexity index is 2020. The number of likely N-dealkylation sites (N-methyl/N-ethyl adjacent to an activating group) is 1. The first-order valence-corrected chi connectivity index (χ1v) is 19.4. The zero-order valence-corrected chi connectivity index (χ0v) is 31.8. The van der Waals surface area contributed by atoms with Gasteiger partial charge in [-0.25, -0.2) is 9.37 Å². The first kappa shape index (κ1) is 39.4. The highest BCUT2D eigenvalue weighted by molar-refractivity contribution is 6.17. The number of carbonyl (C=O) groups is 5. The highest BCUT2D eigenvalue weighted by Crippen LogP contribution is 2.39. The van der Waals surface area contributed by atoms with Gasteiger partial charge in [0, 0.05) is 57.4 Å². The molecule has 302 valence electrons. The summed E-state index contributed by atoms with van der Waals surface area (Å²) in [6.07, 6.45) is 2.08. The van der Waals surface area contributed by atoms with Crippen LogP contribution in [0.25, 0.3) is 0 Å². The third-order valence-electron chi connectivity index (χ3n) is 10.7. The van der Waals surface area contributed by atoms with E-state index in [1.54, 1.807) is 12.1 Å². The molecule has 4 aliphatic rings. The molecule has 7 rings (SSSR count). The number of phenolic OH excluding ortho intramolecular Hbond substituents is 1. The molecule has 3 aliphatic heterocycles. The average Bonchev–Trinajstić information content (AvgIpc) is 4.04. The van der Waals surface area contributed by atoms with Gasteiger partial charge in [-0.05, 0) is 81.2 Å². The van der Waals surface area contributed by atoms with E-state index in [0.29, 0.717) is 18.9 Å². The number of phenols is 1. The molecule has 2 aromatic carbocycles. The van der Waals surface area contributed by atoms with Crippen molar-refractivity contribution in [2.24, 2.45) is 11.7 Å². The summed E-state index contributed by atoms with van der Waals surface area (Å²) in [6, 6.07) is 10.7. The van der Waals surface area contributed by atoms with Gasteiger partial charge in [0.2, 0.25) is 17.7 Å². The van der Waals surface area contributed by atoms with Gasteiger partial charge in [0.05, 0.1) is 17.2 Å². The van der Waals surface area contributed by atoms with Crippen molar-refractivity contribution in [1.29, 1.82) is 0 Å². The van der Waals surface area contributed by atoms with Crippen molar-refractivity contribution in [3.63, 3.8) is 0 Å². The minimum absolute atomic E-state index is 0.0450. The van der Waals surface area contributed by atoms with Crippen molar-refractivity contribution in [2.75, 3.05) is 74.6 Å². The molecule has 16 nitrogen and oxygen atoms in total. The predicted octanol–water partition coefficient (Wildman–Crippen LogP) is 1.17. The molecule has 17 heteroatoms. The van der Waals surface area contributed by atoms with Gasteiger partial charge in [0.1, 0.15) is 35.9 Å². The molecule has 2 fully saturated rings. The number of nitrogens with one attached hydrogen (secondary N) is 4. The van der Waals surface area contributed by atoms with Crippen LogP contribution < -0.4 is 41.5 Å². The molecule has 57 heavy (non-hydrogen) atoms. The van der Waals surface area contributed by atoms with Crippen LogP contribution in [0.2, 0.25) is 0 Å². The SMILES string of the molecule is CN1CCN(c2nc3c(cc2F)C(=O)C(C(=O)Nc2ccc4c(c2)C(=O)NCCC(=O)N[C@@H](CCN)C(=O)N[C@H](Cc2ccc(O)cc2)CO4)CN3C2CC2)CC1. The molecule has 0 spiro atoms. The number of halogens is 1. The summed E-state index contributed by atoms with van der Waals surface area (Å²) >= 11 is 0. The largest absolute Gasteiger partial charge is 0.508 e. The molecule has 3 aromatic rings. The van der Waals surface area contributed by atoms with Crippen LogP contribution in [0.15, 0.2) is 48.5 Å². The summed E-state index contributed by atoms with van der Waals surface area (Å²) in [7, 11) is 2.01. The summed E-state index contributed by atoms with van der Waals surface area (Å²) in [5.74, 6) is -3.60. The lowest BCUT2D eigenvalue weighted by Crippen LogP contribution is -2.52. The third kappa shape index (κ3) is 9.26. The van der Waals surface area contributed by atoms with Gasteiger partial charge in [0.15, 0.2) is 17.4 Å². The van der Waals surface area contributed by atoms with Crippen LogP contribution in [0.5, 0.6) is 11.5 Å². The number of piperazine rings is 1. The van der Waals surface area contributed by atoms with E-state index < -0.39 is 53.2 Å². The molecule has 3 atom stereocenters. The number of pyridine rings is 1. The van der Waals surface area contributed by atoms with Crippen LogP contribution >= 0.6 is 0 Å². The second-order valence-electron chi connectivity index (χ2n) is 15.0. The smallest absolute Gasteiger partial charge is 0.255 e. The number of fused-ring (bicyclic) bond motifs is 2. The van der Waals surface area contributed by atoms with Crippen LogP contribution in [0, 0.1) is 11.7 Å². The molecule has 4 amide bonds. The van der Waals surface area contributed by atoms with Crippen molar-refractivity contribution in [1.82, 2.24) is 25.8 Å².